The zero-order valence-corrected chi connectivity index (χ0v) is 18.5. The predicted molar refractivity (Wildman–Crippen MR) is 125 cm³/mol. The first-order valence-electron chi connectivity index (χ1n) is 10.3. The second kappa shape index (κ2) is 8.55. The van der Waals surface area contributed by atoms with E-state index in [4.69, 9.17) is 26.7 Å². The summed E-state index contributed by atoms with van der Waals surface area (Å²) in [6.07, 6.45) is 2.97. The lowest BCUT2D eigenvalue weighted by Gasteiger charge is -2.10. The minimum Gasteiger partial charge on any atom is -0.453 e. The number of aromatic nitrogens is 3. The summed E-state index contributed by atoms with van der Waals surface area (Å²) in [4.78, 5) is 16.0. The van der Waals surface area contributed by atoms with Gasteiger partial charge in [0.1, 0.15) is 0 Å². The van der Waals surface area contributed by atoms with Gasteiger partial charge >= 0.3 is 6.09 Å². The normalized spacial score (nSPS) is 14.7. The van der Waals surface area contributed by atoms with Gasteiger partial charge in [-0.05, 0) is 66.9 Å². The van der Waals surface area contributed by atoms with Crippen molar-refractivity contribution in [1.82, 2.24) is 15.2 Å². The van der Waals surface area contributed by atoms with Crippen molar-refractivity contribution in [3.05, 3.63) is 76.9 Å². The van der Waals surface area contributed by atoms with Crippen molar-refractivity contribution in [3.63, 3.8) is 0 Å². The zero-order valence-electron chi connectivity index (χ0n) is 17.7. The third-order valence-corrected chi connectivity index (χ3v) is 5.90. The number of rotatable bonds is 4. The molecule has 166 valence electrons. The highest BCUT2D eigenvalue weighted by Gasteiger charge is 2.30. The maximum absolute atomic E-state index is 11.3. The fourth-order valence-electron chi connectivity index (χ4n) is 3.99. The number of hydrogen-bond donors (Lipinski definition) is 2. The van der Waals surface area contributed by atoms with Crippen LogP contribution < -0.4 is 11.1 Å². The van der Waals surface area contributed by atoms with Gasteiger partial charge in [-0.15, -0.1) is 10.2 Å². The highest BCUT2D eigenvalue weighted by molar-refractivity contribution is 6.31. The lowest BCUT2D eigenvalue weighted by molar-refractivity contribution is 0.187. The fourth-order valence-corrected chi connectivity index (χ4v) is 4.17. The van der Waals surface area contributed by atoms with Crippen LogP contribution in [0.3, 0.4) is 0 Å². The fraction of sp³-hybridized carbons (Fsp3) is 0.167. The maximum Gasteiger partial charge on any atom is 0.411 e. The minimum absolute atomic E-state index is 0.0627. The molecule has 1 aliphatic carbocycles. The number of hydrogen-bond acceptors (Lipinski definition) is 7. The van der Waals surface area contributed by atoms with Gasteiger partial charge in [-0.1, -0.05) is 11.6 Å². The summed E-state index contributed by atoms with van der Waals surface area (Å²) in [7, 11) is 1.31. The topological polar surface area (TPSA) is 116 Å². The lowest BCUT2D eigenvalue weighted by Crippen LogP contribution is -2.10. The Balaban J connectivity index is 1.38. The number of carbonyl (C=O) groups excluding carboxylic acids is 1. The Morgan fingerprint density at radius 1 is 1.15 bits per heavy atom. The molecule has 0 fully saturated rings. The highest BCUT2D eigenvalue weighted by Crippen LogP contribution is 2.39. The van der Waals surface area contributed by atoms with Gasteiger partial charge < -0.3 is 14.9 Å². The van der Waals surface area contributed by atoms with Crippen molar-refractivity contribution in [3.8, 4) is 22.6 Å². The first-order valence-corrected chi connectivity index (χ1v) is 10.7. The van der Waals surface area contributed by atoms with Gasteiger partial charge in [0.05, 0.1) is 18.7 Å². The molecule has 4 aromatic rings. The van der Waals surface area contributed by atoms with Crippen LogP contribution in [0, 0.1) is 0 Å². The highest BCUT2D eigenvalue weighted by atomic mass is 35.5. The standard InChI is InChI=1S/C24H20ClN5O3/c1-32-24(31)28-17-6-2-13(3-7-17)22-29-30-23(33-22)18-8-4-14-10-15(12-27-21(14)18)19-11-16(25)5-9-20(19)26/h2-3,5-7,9-12,18H,4,8,26H2,1H3,(H,28,31). The van der Waals surface area contributed by atoms with E-state index in [1.54, 1.807) is 36.4 Å². The molecule has 1 unspecified atom stereocenters. The van der Waals surface area contributed by atoms with Crippen molar-refractivity contribution in [2.24, 2.45) is 0 Å². The number of halogens is 1. The largest absolute Gasteiger partial charge is 0.453 e. The number of pyridine rings is 1. The number of benzene rings is 2. The third kappa shape index (κ3) is 4.12. The molecule has 1 aliphatic rings. The molecule has 2 aromatic carbocycles. The van der Waals surface area contributed by atoms with Gasteiger partial charge in [0.2, 0.25) is 11.8 Å². The van der Waals surface area contributed by atoms with Crippen LogP contribution >= 0.6 is 11.6 Å². The Morgan fingerprint density at radius 2 is 1.97 bits per heavy atom. The van der Waals surface area contributed by atoms with E-state index in [-0.39, 0.29) is 5.92 Å². The molecule has 0 spiro atoms. The first kappa shape index (κ1) is 21.0. The number of methoxy groups -OCH3 is 1. The van der Waals surface area contributed by atoms with Crippen LogP contribution in [0.1, 0.15) is 29.5 Å². The van der Waals surface area contributed by atoms with Crippen LogP contribution in [-0.2, 0) is 11.2 Å². The van der Waals surface area contributed by atoms with Crippen LogP contribution in [-0.4, -0.2) is 28.4 Å². The van der Waals surface area contributed by atoms with Gasteiger partial charge in [0.15, 0.2) is 0 Å². The summed E-state index contributed by atoms with van der Waals surface area (Å²) < 4.78 is 10.6. The van der Waals surface area contributed by atoms with E-state index in [9.17, 15) is 4.79 Å². The number of nitrogens with two attached hydrogens (primary N) is 1. The van der Waals surface area contributed by atoms with Crippen LogP contribution in [0.4, 0.5) is 16.2 Å². The Bertz CT molecular complexity index is 1340. The molecule has 0 aliphatic heterocycles. The molecule has 5 rings (SSSR count). The summed E-state index contributed by atoms with van der Waals surface area (Å²) >= 11 is 6.15. The summed E-state index contributed by atoms with van der Waals surface area (Å²) in [5, 5.41) is 11.7. The lowest BCUT2D eigenvalue weighted by atomic mass is 10.0. The number of ether oxygens (including phenoxy) is 1. The molecule has 0 saturated carbocycles. The summed E-state index contributed by atoms with van der Waals surface area (Å²) in [5.74, 6) is 0.877. The Morgan fingerprint density at radius 3 is 2.76 bits per heavy atom. The van der Waals surface area contributed by atoms with Crippen molar-refractivity contribution in [1.29, 1.82) is 0 Å². The minimum atomic E-state index is -0.531. The van der Waals surface area contributed by atoms with Gasteiger partial charge in [0, 0.05) is 39.3 Å². The molecule has 0 saturated heterocycles. The maximum atomic E-state index is 11.3. The second-order valence-electron chi connectivity index (χ2n) is 7.73. The molecular formula is C24H20ClN5O3. The van der Waals surface area contributed by atoms with E-state index in [1.165, 1.54) is 7.11 Å². The first-order chi connectivity index (χ1) is 16.0. The van der Waals surface area contributed by atoms with E-state index in [2.05, 4.69) is 26.3 Å². The number of nitrogens with zero attached hydrogens (tertiary/aromatic N) is 3. The van der Waals surface area contributed by atoms with Crippen molar-refractivity contribution >= 4 is 29.1 Å². The second-order valence-corrected chi connectivity index (χ2v) is 8.17. The summed E-state index contributed by atoms with van der Waals surface area (Å²) in [5.41, 5.74) is 12.0. The Labute approximate surface area is 194 Å². The van der Waals surface area contributed by atoms with Crippen molar-refractivity contribution in [2.75, 3.05) is 18.2 Å². The molecule has 8 nitrogen and oxygen atoms in total. The Kier molecular flexibility index (Phi) is 5.43. The number of amides is 1. The predicted octanol–water partition coefficient (Wildman–Crippen LogP) is 5.29. The molecule has 3 N–H and O–H groups in total. The third-order valence-electron chi connectivity index (χ3n) is 5.66. The zero-order chi connectivity index (χ0) is 22.9. The van der Waals surface area contributed by atoms with E-state index in [0.717, 1.165) is 40.8 Å². The molecule has 1 amide bonds. The molecule has 2 aromatic heterocycles. The average Bonchev–Trinajstić information content (AvgIpc) is 3.48. The van der Waals surface area contributed by atoms with Crippen LogP contribution in [0.25, 0.3) is 22.6 Å². The number of aryl methyl sites for hydroxylation is 1. The van der Waals surface area contributed by atoms with E-state index in [1.807, 2.05) is 12.3 Å². The monoisotopic (exact) mass is 461 g/mol. The average molecular weight is 462 g/mol. The molecule has 1 atom stereocenters. The molecule has 9 heteroatoms. The molecule has 0 radical (unpaired) electrons. The number of fused-ring (bicyclic) bond motifs is 1. The van der Waals surface area contributed by atoms with Gasteiger partial charge in [-0.2, -0.15) is 0 Å². The molecule has 0 bridgehead atoms. The number of carbonyl (C=O) groups is 1. The molecular weight excluding hydrogens is 442 g/mol. The number of anilines is 2. The Hall–Kier alpha value is -3.91. The van der Waals surface area contributed by atoms with Crippen LogP contribution in [0.5, 0.6) is 0 Å². The van der Waals surface area contributed by atoms with Crippen molar-refractivity contribution in [2.45, 2.75) is 18.8 Å². The van der Waals surface area contributed by atoms with Crippen LogP contribution in [0.2, 0.25) is 5.02 Å². The molecule has 33 heavy (non-hydrogen) atoms. The van der Waals surface area contributed by atoms with Gasteiger partial charge in [-0.25, -0.2) is 4.79 Å². The van der Waals surface area contributed by atoms with Crippen molar-refractivity contribution < 1.29 is 13.9 Å². The van der Waals surface area contributed by atoms with E-state index in [0.29, 0.717) is 28.2 Å². The SMILES string of the molecule is COC(=O)Nc1ccc(-c2nnc(C3CCc4cc(-c5cc(Cl)ccc5N)cnc43)o2)cc1. The summed E-state index contributed by atoms with van der Waals surface area (Å²) in [6.45, 7) is 0. The van der Waals surface area contributed by atoms with E-state index < -0.39 is 6.09 Å². The molecule has 2 heterocycles. The summed E-state index contributed by atoms with van der Waals surface area (Å²) in [6, 6.07) is 14.6. The number of nitrogen functional groups attached to an aromatic ring is 1. The quantitative estimate of drug-likeness (QED) is 0.396. The van der Waals surface area contributed by atoms with Crippen LogP contribution in [0.15, 0.2) is 59.1 Å². The van der Waals surface area contributed by atoms with Gasteiger partial charge in [-0.3, -0.25) is 10.3 Å². The smallest absolute Gasteiger partial charge is 0.411 e. The van der Waals surface area contributed by atoms with E-state index >= 15 is 0 Å². The van der Waals surface area contributed by atoms with Gasteiger partial charge in [0.25, 0.3) is 0 Å². The number of nitrogens with one attached hydrogen (secondary N) is 1.